The van der Waals surface area contributed by atoms with Gasteiger partial charge in [-0.1, -0.05) is 59.3 Å². The van der Waals surface area contributed by atoms with Gasteiger partial charge < -0.3 is 58.7 Å². The van der Waals surface area contributed by atoms with Crippen molar-refractivity contribution >= 4 is 17.9 Å². The SMILES string of the molecule is COC(=O)[C@H]1O[C@@H](O[C@H]2[C@H](O[C@H]3CC[C@]4(C)[C@H]5C=CC6=C7C[C@@](C)(C(=O)OC)CC[C@]7(C)CC[C@@]6(C)[C@]5(C)CC[C@H]4C3(C)C)O[C@H](C(=O)OC)[C@@H](O)[C@@H]2O)[C@H](O)[C@@H](O)[C@@H]1O. The number of allylic oxidation sites excluding steroid dienone is 4. The molecule has 5 fully saturated rings. The van der Waals surface area contributed by atoms with Crippen LogP contribution in [0.25, 0.3) is 0 Å². The molecule has 0 aromatic carbocycles. The van der Waals surface area contributed by atoms with Gasteiger partial charge in [0.25, 0.3) is 0 Å². The summed E-state index contributed by atoms with van der Waals surface area (Å²) in [6.45, 7) is 16.1. The molecule has 5 aliphatic carbocycles. The van der Waals surface area contributed by atoms with Crippen molar-refractivity contribution in [3.05, 3.63) is 23.3 Å². The van der Waals surface area contributed by atoms with Crippen LogP contribution in [-0.4, -0.2) is 132 Å². The monoisotopic (exact) mass is 848 g/mol. The molecule has 0 amide bonds. The third-order valence-corrected chi connectivity index (χ3v) is 17.4. The first-order valence-electron chi connectivity index (χ1n) is 21.7. The standard InChI is InChI=1S/C45H68O15/c1-40(2)24-13-16-45(7)25(12-11-22-23-21-42(4,39(53)56-10)18-17-41(23,3)19-20-44(22,45)6)43(24,5)15-14-26(40)57-38-34(30(49)29(48)33(59-38)36(52)55-9)60-37-31(50)27(46)28(47)32(58-37)35(51)54-8/h11-12,24-34,37-38,46-50H,13-21H2,1-10H3/t24-,25+,26-,27-,28-,29-,30-,31+,32-,33-,34+,37-,38+,41+,42-,43-,44+,45+/m0/s1. The van der Waals surface area contributed by atoms with Crippen molar-refractivity contribution in [2.75, 3.05) is 21.3 Å². The van der Waals surface area contributed by atoms with Crippen LogP contribution in [0.2, 0.25) is 0 Å². The van der Waals surface area contributed by atoms with Crippen LogP contribution in [0.3, 0.4) is 0 Å². The van der Waals surface area contributed by atoms with E-state index in [-0.39, 0.29) is 39.5 Å². The van der Waals surface area contributed by atoms with E-state index >= 15 is 0 Å². The van der Waals surface area contributed by atoms with Gasteiger partial charge in [-0.3, -0.25) is 4.79 Å². The van der Waals surface area contributed by atoms with Gasteiger partial charge in [0.1, 0.15) is 36.6 Å². The number of esters is 3. The highest BCUT2D eigenvalue weighted by atomic mass is 16.8. The van der Waals surface area contributed by atoms with Gasteiger partial charge in [0, 0.05) is 0 Å². The van der Waals surface area contributed by atoms with Crippen LogP contribution >= 0.6 is 0 Å². The summed E-state index contributed by atoms with van der Waals surface area (Å²) in [5.74, 6) is -1.74. The van der Waals surface area contributed by atoms with Gasteiger partial charge in [0.2, 0.25) is 0 Å². The van der Waals surface area contributed by atoms with Crippen molar-refractivity contribution in [2.24, 2.45) is 44.3 Å². The lowest BCUT2D eigenvalue weighted by Gasteiger charge is -2.69. The Hall–Kier alpha value is -2.47. The molecule has 7 aliphatic rings. The summed E-state index contributed by atoms with van der Waals surface area (Å²) in [4.78, 5) is 38.4. The van der Waals surface area contributed by atoms with Gasteiger partial charge in [-0.15, -0.1) is 0 Å². The van der Waals surface area contributed by atoms with Crippen molar-refractivity contribution in [2.45, 2.75) is 174 Å². The van der Waals surface area contributed by atoms with E-state index in [0.717, 1.165) is 59.2 Å². The number of carbonyl (C=O) groups excluding carboxylic acids is 3. The number of aliphatic hydroxyl groups excluding tert-OH is 5. The normalized spacial score (nSPS) is 49.7. The van der Waals surface area contributed by atoms with Crippen LogP contribution < -0.4 is 0 Å². The number of rotatable bonds is 7. The van der Waals surface area contributed by atoms with Crippen molar-refractivity contribution in [3.63, 3.8) is 0 Å². The van der Waals surface area contributed by atoms with Crippen LogP contribution in [0, 0.1) is 44.3 Å². The number of carbonyl (C=O) groups is 3. The quantitative estimate of drug-likeness (QED) is 0.141. The Labute approximate surface area is 353 Å². The third kappa shape index (κ3) is 6.74. The molecule has 2 saturated heterocycles. The van der Waals surface area contributed by atoms with Crippen molar-refractivity contribution in [3.8, 4) is 0 Å². The van der Waals surface area contributed by atoms with Gasteiger partial charge in [-0.25, -0.2) is 9.59 Å². The van der Waals surface area contributed by atoms with Crippen molar-refractivity contribution in [1.82, 2.24) is 0 Å². The summed E-state index contributed by atoms with van der Waals surface area (Å²) in [5, 5.41) is 54.5. The van der Waals surface area contributed by atoms with E-state index in [0.29, 0.717) is 12.8 Å². The number of aliphatic hydroxyl groups is 5. The molecule has 3 saturated carbocycles. The van der Waals surface area contributed by atoms with E-state index in [9.17, 15) is 39.9 Å². The Kier molecular flexibility index (Phi) is 11.9. The van der Waals surface area contributed by atoms with Crippen LogP contribution in [0.5, 0.6) is 0 Å². The van der Waals surface area contributed by atoms with E-state index in [1.165, 1.54) is 18.3 Å². The van der Waals surface area contributed by atoms with Gasteiger partial charge in [-0.2, -0.15) is 0 Å². The average molecular weight is 849 g/mol. The Morgan fingerprint density at radius 1 is 0.667 bits per heavy atom. The van der Waals surface area contributed by atoms with Gasteiger partial charge in [0.05, 0.1) is 32.8 Å². The second-order valence-electron chi connectivity index (χ2n) is 20.8. The zero-order valence-corrected chi connectivity index (χ0v) is 36.8. The predicted molar refractivity (Wildman–Crippen MR) is 212 cm³/mol. The molecule has 60 heavy (non-hydrogen) atoms. The van der Waals surface area contributed by atoms with Crippen LogP contribution in [0.1, 0.15) is 106 Å². The van der Waals surface area contributed by atoms with E-state index < -0.39 is 90.3 Å². The summed E-state index contributed by atoms with van der Waals surface area (Å²) in [6, 6.07) is 0. The van der Waals surface area contributed by atoms with Crippen LogP contribution in [0.15, 0.2) is 23.3 Å². The zero-order chi connectivity index (χ0) is 44.1. The molecule has 5 N–H and O–H groups in total. The summed E-state index contributed by atoms with van der Waals surface area (Å²) >= 11 is 0. The molecule has 15 heteroatoms. The maximum Gasteiger partial charge on any atom is 0.337 e. The molecule has 15 nitrogen and oxygen atoms in total. The number of ether oxygens (including phenoxy) is 7. The molecule has 338 valence electrons. The number of methoxy groups -OCH3 is 3. The Balaban J connectivity index is 1.18. The molecule has 2 heterocycles. The minimum Gasteiger partial charge on any atom is -0.469 e. The van der Waals surface area contributed by atoms with E-state index in [2.05, 4.69) is 60.6 Å². The van der Waals surface area contributed by atoms with Crippen molar-refractivity contribution < 1.29 is 73.1 Å². The average Bonchev–Trinajstić information content (AvgIpc) is 3.21. The molecule has 18 atom stereocenters. The fourth-order valence-corrected chi connectivity index (χ4v) is 13.3. The first-order chi connectivity index (χ1) is 28.0. The summed E-state index contributed by atoms with van der Waals surface area (Å²) in [7, 11) is 3.67. The third-order valence-electron chi connectivity index (χ3n) is 17.4. The molecule has 0 spiro atoms. The van der Waals surface area contributed by atoms with Gasteiger partial charge in [-0.05, 0) is 109 Å². The lowest BCUT2D eigenvalue weighted by Crippen LogP contribution is -2.67. The molecule has 0 aromatic heterocycles. The first-order valence-corrected chi connectivity index (χ1v) is 21.7. The smallest absolute Gasteiger partial charge is 0.337 e. The number of hydrogen-bond acceptors (Lipinski definition) is 15. The molecule has 0 unspecified atom stereocenters. The van der Waals surface area contributed by atoms with Crippen molar-refractivity contribution in [1.29, 1.82) is 0 Å². The maximum atomic E-state index is 13.1. The largest absolute Gasteiger partial charge is 0.469 e. The molecule has 0 bridgehead atoms. The van der Waals surface area contributed by atoms with E-state index in [1.807, 2.05) is 0 Å². The Morgan fingerprint density at radius 2 is 1.27 bits per heavy atom. The number of fused-ring (bicyclic) bond motifs is 6. The van der Waals surface area contributed by atoms with Gasteiger partial charge >= 0.3 is 17.9 Å². The molecule has 0 aromatic rings. The highest BCUT2D eigenvalue weighted by Gasteiger charge is 2.67. The highest BCUT2D eigenvalue weighted by Crippen LogP contribution is 2.74. The van der Waals surface area contributed by atoms with Crippen LogP contribution in [0.4, 0.5) is 0 Å². The molecular formula is C45H68O15. The zero-order valence-electron chi connectivity index (χ0n) is 36.8. The summed E-state index contributed by atoms with van der Waals surface area (Å²) < 4.78 is 39.3. The lowest BCUT2D eigenvalue weighted by molar-refractivity contribution is -0.371. The fourth-order valence-electron chi connectivity index (χ4n) is 13.3. The minimum absolute atomic E-state index is 0.0407. The Morgan fingerprint density at radius 3 is 1.88 bits per heavy atom. The second kappa shape index (κ2) is 15.7. The van der Waals surface area contributed by atoms with Gasteiger partial charge in [0.15, 0.2) is 24.8 Å². The van der Waals surface area contributed by atoms with E-state index in [4.69, 9.17) is 33.2 Å². The fraction of sp³-hybridized carbons (Fsp3) is 0.844. The summed E-state index contributed by atoms with van der Waals surface area (Å²) in [5.41, 5.74) is 1.48. The summed E-state index contributed by atoms with van der Waals surface area (Å²) in [6.07, 6.45) is -5.51. The highest BCUT2D eigenvalue weighted by molar-refractivity contribution is 5.77. The Bertz CT molecular complexity index is 1760. The topological polar surface area (TPSA) is 217 Å². The second-order valence-corrected chi connectivity index (χ2v) is 20.8. The first kappa shape index (κ1) is 45.6. The van der Waals surface area contributed by atoms with Crippen LogP contribution in [-0.2, 0) is 47.5 Å². The minimum atomic E-state index is -1.90. The molecule has 0 radical (unpaired) electrons. The lowest BCUT2D eigenvalue weighted by atomic mass is 9.35. The van der Waals surface area contributed by atoms with E-state index in [1.54, 1.807) is 0 Å². The predicted octanol–water partition coefficient (Wildman–Crippen LogP) is 3.25. The maximum absolute atomic E-state index is 13.1. The molecule has 2 aliphatic heterocycles. The molecular weight excluding hydrogens is 780 g/mol. The number of hydrogen-bond donors (Lipinski definition) is 5. The molecule has 7 rings (SSSR count).